The van der Waals surface area contributed by atoms with Crippen LogP contribution in [0.15, 0.2) is 48.9 Å². The van der Waals surface area contributed by atoms with E-state index in [1.807, 2.05) is 29.2 Å². The van der Waals surface area contributed by atoms with Gasteiger partial charge in [0, 0.05) is 54.6 Å². The number of benzene rings is 1. The molecular formula is C24H27FN6O. The van der Waals surface area contributed by atoms with Gasteiger partial charge in [-0.15, -0.1) is 0 Å². The van der Waals surface area contributed by atoms with Crippen LogP contribution in [-0.2, 0) is 13.1 Å². The van der Waals surface area contributed by atoms with E-state index in [1.54, 1.807) is 17.7 Å². The molecule has 166 valence electrons. The average molecular weight is 435 g/mol. The molecule has 5 rings (SSSR count). The third-order valence-corrected chi connectivity index (χ3v) is 6.11. The topological polar surface area (TPSA) is 60.5 Å². The van der Waals surface area contributed by atoms with E-state index < -0.39 is 0 Å². The smallest absolute Gasteiger partial charge is 0.156 e. The van der Waals surface area contributed by atoms with Crippen LogP contribution in [0.3, 0.4) is 0 Å². The van der Waals surface area contributed by atoms with Crippen LogP contribution < -0.4 is 4.74 Å². The number of methoxy groups -OCH3 is 1. The van der Waals surface area contributed by atoms with Crippen molar-refractivity contribution < 1.29 is 9.13 Å². The lowest BCUT2D eigenvalue weighted by Gasteiger charge is -2.30. The quantitative estimate of drug-likeness (QED) is 0.457. The lowest BCUT2D eigenvalue weighted by molar-refractivity contribution is 0.196. The first-order valence-electron chi connectivity index (χ1n) is 11.1. The predicted molar refractivity (Wildman–Crippen MR) is 120 cm³/mol. The molecule has 4 heterocycles. The molecule has 4 aromatic rings. The standard InChI is InChI=1S/C24H27FN6O/c1-3-30-14-17(12-26-30)13-29-10-4-5-19(15-29)24-27-23-9-6-18(16-31(23)28-24)21-11-20(25)7-8-22(21)32-2/h6-9,11-12,14,16,19H,3-5,10,13,15H2,1-2H3/t19-/m1/s1. The fraction of sp³-hybridized carbons (Fsp3) is 0.375. The first kappa shape index (κ1) is 20.6. The molecule has 1 aromatic carbocycles. The van der Waals surface area contributed by atoms with Gasteiger partial charge in [0.1, 0.15) is 11.6 Å². The maximum absolute atomic E-state index is 13.8. The number of aromatic nitrogens is 5. The summed E-state index contributed by atoms with van der Waals surface area (Å²) in [5.41, 5.74) is 3.57. The number of piperidine rings is 1. The minimum absolute atomic E-state index is 0.289. The number of rotatable bonds is 6. The van der Waals surface area contributed by atoms with Gasteiger partial charge >= 0.3 is 0 Å². The van der Waals surface area contributed by atoms with E-state index in [0.29, 0.717) is 11.3 Å². The summed E-state index contributed by atoms with van der Waals surface area (Å²) in [4.78, 5) is 7.25. The van der Waals surface area contributed by atoms with Gasteiger partial charge in [-0.2, -0.15) is 10.2 Å². The molecule has 0 saturated carbocycles. The van der Waals surface area contributed by atoms with Gasteiger partial charge < -0.3 is 4.74 Å². The Balaban J connectivity index is 1.37. The Morgan fingerprint density at radius 3 is 2.91 bits per heavy atom. The average Bonchev–Trinajstić information content (AvgIpc) is 3.45. The number of hydrogen-bond donors (Lipinski definition) is 0. The number of halogens is 1. The van der Waals surface area contributed by atoms with Gasteiger partial charge in [0.05, 0.1) is 13.3 Å². The number of pyridine rings is 1. The van der Waals surface area contributed by atoms with E-state index in [4.69, 9.17) is 14.8 Å². The van der Waals surface area contributed by atoms with Crippen LogP contribution in [0.25, 0.3) is 16.8 Å². The number of ether oxygens (including phenoxy) is 1. The number of nitrogens with zero attached hydrogens (tertiary/aromatic N) is 6. The zero-order valence-electron chi connectivity index (χ0n) is 18.4. The Labute approximate surface area is 186 Å². The molecule has 3 aromatic heterocycles. The number of aryl methyl sites for hydroxylation is 1. The zero-order valence-corrected chi connectivity index (χ0v) is 18.4. The van der Waals surface area contributed by atoms with Gasteiger partial charge in [-0.25, -0.2) is 13.9 Å². The molecule has 0 radical (unpaired) electrons. The highest BCUT2D eigenvalue weighted by atomic mass is 19.1. The summed E-state index contributed by atoms with van der Waals surface area (Å²) in [5, 5.41) is 9.17. The van der Waals surface area contributed by atoms with Crippen molar-refractivity contribution in [2.75, 3.05) is 20.2 Å². The van der Waals surface area contributed by atoms with E-state index >= 15 is 0 Å². The molecule has 0 amide bonds. The zero-order chi connectivity index (χ0) is 22.1. The second kappa shape index (κ2) is 8.70. The van der Waals surface area contributed by atoms with Gasteiger partial charge in [0.25, 0.3) is 0 Å². The number of fused-ring (bicyclic) bond motifs is 1. The Kier molecular flexibility index (Phi) is 5.61. The molecule has 0 bridgehead atoms. The van der Waals surface area contributed by atoms with E-state index in [9.17, 15) is 4.39 Å². The van der Waals surface area contributed by atoms with Gasteiger partial charge in [-0.05, 0) is 56.6 Å². The fourth-order valence-corrected chi connectivity index (χ4v) is 4.47. The van der Waals surface area contributed by atoms with Crippen molar-refractivity contribution >= 4 is 5.65 Å². The normalized spacial score (nSPS) is 17.2. The van der Waals surface area contributed by atoms with Crippen molar-refractivity contribution in [3.63, 3.8) is 0 Å². The van der Waals surface area contributed by atoms with Crippen molar-refractivity contribution in [2.45, 2.75) is 38.8 Å². The molecule has 0 aliphatic carbocycles. The first-order chi connectivity index (χ1) is 15.6. The van der Waals surface area contributed by atoms with Crippen LogP contribution in [0, 0.1) is 5.82 Å². The molecule has 1 aliphatic heterocycles. The molecule has 0 unspecified atom stereocenters. The minimum atomic E-state index is -0.299. The van der Waals surface area contributed by atoms with Crippen LogP contribution in [0.4, 0.5) is 4.39 Å². The molecule has 0 spiro atoms. The Hall–Kier alpha value is -3.26. The number of hydrogen-bond acceptors (Lipinski definition) is 5. The molecule has 1 atom stereocenters. The van der Waals surface area contributed by atoms with Crippen LogP contribution in [0.5, 0.6) is 5.75 Å². The summed E-state index contributed by atoms with van der Waals surface area (Å²) in [6.45, 7) is 5.88. The van der Waals surface area contributed by atoms with Crippen molar-refractivity contribution in [3.8, 4) is 16.9 Å². The summed E-state index contributed by atoms with van der Waals surface area (Å²) in [5.74, 6) is 1.48. The molecule has 1 fully saturated rings. The summed E-state index contributed by atoms with van der Waals surface area (Å²) in [6.07, 6.45) is 8.16. The molecule has 0 N–H and O–H groups in total. The summed E-state index contributed by atoms with van der Waals surface area (Å²) < 4.78 is 23.0. The van der Waals surface area contributed by atoms with E-state index in [1.165, 1.54) is 17.7 Å². The third-order valence-electron chi connectivity index (χ3n) is 6.11. The molecule has 1 aliphatic rings. The van der Waals surface area contributed by atoms with Crippen molar-refractivity contribution in [1.82, 2.24) is 29.3 Å². The summed E-state index contributed by atoms with van der Waals surface area (Å²) >= 11 is 0. The third kappa shape index (κ3) is 4.10. The summed E-state index contributed by atoms with van der Waals surface area (Å²) in [7, 11) is 1.59. The Bertz CT molecular complexity index is 1230. The van der Waals surface area contributed by atoms with Crippen molar-refractivity contribution in [3.05, 3.63) is 66.1 Å². The van der Waals surface area contributed by atoms with E-state index in [2.05, 4.69) is 23.1 Å². The molecule has 32 heavy (non-hydrogen) atoms. The van der Waals surface area contributed by atoms with Gasteiger partial charge in [0.15, 0.2) is 11.5 Å². The number of likely N-dealkylation sites (tertiary alicyclic amines) is 1. The highest BCUT2D eigenvalue weighted by Gasteiger charge is 2.25. The van der Waals surface area contributed by atoms with E-state index in [0.717, 1.165) is 56.1 Å². The van der Waals surface area contributed by atoms with Crippen LogP contribution in [-0.4, -0.2) is 49.5 Å². The first-order valence-corrected chi connectivity index (χ1v) is 11.1. The van der Waals surface area contributed by atoms with Crippen LogP contribution in [0.2, 0.25) is 0 Å². The predicted octanol–water partition coefficient (Wildman–Crippen LogP) is 4.14. The molecule has 8 heteroatoms. The van der Waals surface area contributed by atoms with Crippen LogP contribution in [0.1, 0.15) is 37.1 Å². The second-order valence-electron chi connectivity index (χ2n) is 8.31. The highest BCUT2D eigenvalue weighted by molar-refractivity contribution is 5.71. The lowest BCUT2D eigenvalue weighted by atomic mass is 9.97. The van der Waals surface area contributed by atoms with Gasteiger partial charge in [-0.1, -0.05) is 0 Å². The van der Waals surface area contributed by atoms with Gasteiger partial charge in [-0.3, -0.25) is 9.58 Å². The summed E-state index contributed by atoms with van der Waals surface area (Å²) in [6, 6.07) is 8.38. The fourth-order valence-electron chi connectivity index (χ4n) is 4.47. The Morgan fingerprint density at radius 2 is 2.09 bits per heavy atom. The largest absolute Gasteiger partial charge is 0.496 e. The SMILES string of the molecule is CCn1cc(CN2CCC[C@@H](c3nc4ccc(-c5cc(F)ccc5OC)cn4n3)C2)cn1. The highest BCUT2D eigenvalue weighted by Crippen LogP contribution is 2.31. The van der Waals surface area contributed by atoms with Crippen molar-refractivity contribution in [2.24, 2.45) is 0 Å². The molecule has 1 saturated heterocycles. The molecular weight excluding hydrogens is 407 g/mol. The van der Waals surface area contributed by atoms with E-state index in [-0.39, 0.29) is 11.7 Å². The maximum Gasteiger partial charge on any atom is 0.156 e. The Morgan fingerprint density at radius 1 is 1.19 bits per heavy atom. The second-order valence-corrected chi connectivity index (χ2v) is 8.31. The molecule has 7 nitrogen and oxygen atoms in total. The lowest BCUT2D eigenvalue weighted by Crippen LogP contribution is -2.34. The van der Waals surface area contributed by atoms with Crippen LogP contribution >= 0.6 is 0 Å². The minimum Gasteiger partial charge on any atom is -0.496 e. The monoisotopic (exact) mass is 434 g/mol. The van der Waals surface area contributed by atoms with Gasteiger partial charge in [0.2, 0.25) is 0 Å². The van der Waals surface area contributed by atoms with Crippen molar-refractivity contribution in [1.29, 1.82) is 0 Å². The maximum atomic E-state index is 13.8.